The minimum absolute atomic E-state index is 0.000118. The van der Waals surface area contributed by atoms with Gasteiger partial charge in [0.2, 0.25) is 5.91 Å². The highest BCUT2D eigenvalue weighted by Crippen LogP contribution is 2.32. The molecule has 7 heteroatoms. The molecule has 0 aromatic heterocycles. The summed E-state index contributed by atoms with van der Waals surface area (Å²) in [5.41, 5.74) is 2.82. The summed E-state index contributed by atoms with van der Waals surface area (Å²) in [5.74, 6) is -0.339. The van der Waals surface area contributed by atoms with Crippen LogP contribution >= 0.6 is 12.2 Å². The molecule has 2 rings (SSSR count). The molecule has 1 aliphatic rings. The van der Waals surface area contributed by atoms with Gasteiger partial charge in [0, 0.05) is 24.4 Å². The third-order valence-electron chi connectivity index (χ3n) is 5.51. The Labute approximate surface area is 185 Å². The molecular weight excluding hydrogens is 398 g/mol. The first-order valence-corrected chi connectivity index (χ1v) is 11.1. The average molecular weight is 432 g/mol. The number of nitrogens with one attached hydrogen (secondary N) is 2. The number of esters is 1. The molecule has 0 spiro atoms. The SMILES string of the molecule is CCCCC(CC)C(=O)Nc1cccc(C2NC(=S)N(C)C(C)=C2C(=O)OCC)c1. The Hall–Kier alpha value is -2.41. The van der Waals surface area contributed by atoms with E-state index in [1.54, 1.807) is 11.8 Å². The van der Waals surface area contributed by atoms with Crippen molar-refractivity contribution in [2.45, 2.75) is 59.4 Å². The van der Waals surface area contributed by atoms with Crippen LogP contribution in [-0.2, 0) is 14.3 Å². The molecule has 1 aromatic rings. The zero-order chi connectivity index (χ0) is 22.3. The molecule has 0 saturated carbocycles. The van der Waals surface area contributed by atoms with E-state index in [1.807, 2.05) is 45.2 Å². The smallest absolute Gasteiger partial charge is 0.338 e. The van der Waals surface area contributed by atoms with Crippen molar-refractivity contribution in [1.82, 2.24) is 10.2 Å². The van der Waals surface area contributed by atoms with Gasteiger partial charge in [-0.05, 0) is 56.6 Å². The van der Waals surface area contributed by atoms with Gasteiger partial charge in [-0.25, -0.2) is 4.79 Å². The fourth-order valence-corrected chi connectivity index (χ4v) is 3.82. The Kier molecular flexibility index (Phi) is 8.84. The summed E-state index contributed by atoms with van der Waals surface area (Å²) < 4.78 is 5.29. The summed E-state index contributed by atoms with van der Waals surface area (Å²) >= 11 is 5.44. The van der Waals surface area contributed by atoms with Crippen LogP contribution in [0, 0.1) is 5.92 Å². The average Bonchev–Trinajstić information content (AvgIpc) is 2.72. The predicted molar refractivity (Wildman–Crippen MR) is 124 cm³/mol. The number of unbranched alkanes of at least 4 members (excludes halogenated alkanes) is 1. The molecule has 6 nitrogen and oxygen atoms in total. The van der Waals surface area contributed by atoms with Crippen molar-refractivity contribution in [3.8, 4) is 0 Å². The van der Waals surface area contributed by atoms with Gasteiger partial charge in [0.1, 0.15) is 0 Å². The molecule has 1 amide bonds. The van der Waals surface area contributed by atoms with Gasteiger partial charge < -0.3 is 20.3 Å². The summed E-state index contributed by atoms with van der Waals surface area (Å²) in [7, 11) is 1.82. The zero-order valence-electron chi connectivity index (χ0n) is 18.6. The first-order chi connectivity index (χ1) is 14.3. The molecule has 30 heavy (non-hydrogen) atoms. The number of anilines is 1. The normalized spacial score (nSPS) is 17.4. The summed E-state index contributed by atoms with van der Waals surface area (Å²) in [6, 6.07) is 7.11. The van der Waals surface area contributed by atoms with Crippen molar-refractivity contribution in [1.29, 1.82) is 0 Å². The van der Waals surface area contributed by atoms with Crippen molar-refractivity contribution < 1.29 is 14.3 Å². The van der Waals surface area contributed by atoms with E-state index < -0.39 is 6.04 Å². The Balaban J connectivity index is 2.31. The summed E-state index contributed by atoms with van der Waals surface area (Å²) in [6.45, 7) is 8.11. The number of carbonyl (C=O) groups excluding carboxylic acids is 2. The lowest BCUT2D eigenvalue weighted by Gasteiger charge is -2.35. The lowest BCUT2D eigenvalue weighted by molar-refractivity contribution is -0.139. The molecule has 1 heterocycles. The van der Waals surface area contributed by atoms with Crippen molar-refractivity contribution in [3.63, 3.8) is 0 Å². The predicted octanol–water partition coefficient (Wildman–Crippen LogP) is 4.54. The maximum absolute atomic E-state index is 12.7. The maximum atomic E-state index is 12.7. The number of hydrogen-bond acceptors (Lipinski definition) is 4. The molecule has 0 aliphatic carbocycles. The van der Waals surface area contributed by atoms with Crippen LogP contribution in [0.2, 0.25) is 0 Å². The van der Waals surface area contributed by atoms with Gasteiger partial charge in [-0.15, -0.1) is 0 Å². The molecular formula is C23H33N3O3S. The second-order valence-electron chi connectivity index (χ2n) is 7.52. The molecule has 2 unspecified atom stereocenters. The number of ether oxygens (including phenoxy) is 1. The van der Waals surface area contributed by atoms with Crippen LogP contribution in [0.5, 0.6) is 0 Å². The Morgan fingerprint density at radius 3 is 2.67 bits per heavy atom. The lowest BCUT2D eigenvalue weighted by Crippen LogP contribution is -2.46. The molecule has 0 saturated heterocycles. The van der Waals surface area contributed by atoms with Crippen molar-refractivity contribution >= 4 is 34.9 Å². The first-order valence-electron chi connectivity index (χ1n) is 10.7. The van der Waals surface area contributed by atoms with Gasteiger partial charge in [0.25, 0.3) is 0 Å². The number of amides is 1. The van der Waals surface area contributed by atoms with Gasteiger partial charge in [0.05, 0.1) is 18.2 Å². The number of rotatable bonds is 9. The molecule has 0 bridgehead atoms. The first kappa shape index (κ1) is 23.9. The number of nitrogens with zero attached hydrogens (tertiary/aromatic N) is 1. The topological polar surface area (TPSA) is 70.7 Å². The van der Waals surface area contributed by atoms with E-state index in [0.717, 1.165) is 36.9 Å². The van der Waals surface area contributed by atoms with Gasteiger partial charge in [-0.1, -0.05) is 38.8 Å². The summed E-state index contributed by atoms with van der Waals surface area (Å²) in [5, 5.41) is 6.80. The Bertz CT molecular complexity index is 822. The lowest BCUT2D eigenvalue weighted by atomic mass is 9.94. The van der Waals surface area contributed by atoms with Gasteiger partial charge in [-0.3, -0.25) is 4.79 Å². The van der Waals surface area contributed by atoms with Crippen molar-refractivity contribution in [3.05, 3.63) is 41.1 Å². The number of hydrogen-bond donors (Lipinski definition) is 2. The standard InChI is InChI=1S/C23H33N3O3S/c1-6-9-11-16(7-2)21(27)24-18-13-10-12-17(14-18)20-19(22(28)29-8-3)15(4)26(5)23(30)25-20/h10,12-14,16,20H,6-9,11H2,1-5H3,(H,24,27)(H,25,30). The van der Waals surface area contributed by atoms with E-state index in [4.69, 9.17) is 17.0 Å². The minimum Gasteiger partial charge on any atom is -0.463 e. The van der Waals surface area contributed by atoms with E-state index >= 15 is 0 Å². The van der Waals surface area contributed by atoms with Crippen molar-refractivity contribution in [2.75, 3.05) is 19.0 Å². The van der Waals surface area contributed by atoms with Crippen LogP contribution in [0.4, 0.5) is 5.69 Å². The molecule has 0 radical (unpaired) electrons. The van der Waals surface area contributed by atoms with Crippen LogP contribution in [-0.4, -0.2) is 35.5 Å². The fourth-order valence-electron chi connectivity index (χ4n) is 3.57. The third-order valence-corrected chi connectivity index (χ3v) is 5.90. The van der Waals surface area contributed by atoms with Gasteiger partial charge in [0.15, 0.2) is 5.11 Å². The van der Waals surface area contributed by atoms with E-state index in [0.29, 0.717) is 23.0 Å². The summed E-state index contributed by atoms with van der Waals surface area (Å²) in [6.07, 6.45) is 3.81. The molecule has 2 N–H and O–H groups in total. The Morgan fingerprint density at radius 2 is 2.03 bits per heavy atom. The van der Waals surface area contributed by atoms with Crippen molar-refractivity contribution in [2.24, 2.45) is 5.92 Å². The van der Waals surface area contributed by atoms with Crippen LogP contribution in [0.15, 0.2) is 35.5 Å². The quantitative estimate of drug-likeness (QED) is 0.442. The van der Waals surface area contributed by atoms with Crippen LogP contribution in [0.3, 0.4) is 0 Å². The Morgan fingerprint density at radius 1 is 1.30 bits per heavy atom. The highest BCUT2D eigenvalue weighted by atomic mass is 32.1. The molecule has 0 fully saturated rings. The van der Waals surface area contributed by atoms with E-state index in [2.05, 4.69) is 17.6 Å². The second-order valence-corrected chi connectivity index (χ2v) is 7.91. The second kappa shape index (κ2) is 11.1. The maximum Gasteiger partial charge on any atom is 0.338 e. The molecule has 1 aliphatic heterocycles. The summed E-state index contributed by atoms with van der Waals surface area (Å²) in [4.78, 5) is 27.1. The zero-order valence-corrected chi connectivity index (χ0v) is 19.4. The van der Waals surface area contributed by atoms with Crippen LogP contribution in [0.1, 0.15) is 65.0 Å². The highest BCUT2D eigenvalue weighted by molar-refractivity contribution is 7.80. The minimum atomic E-state index is -0.438. The van der Waals surface area contributed by atoms with Crippen LogP contribution < -0.4 is 10.6 Å². The third kappa shape index (κ3) is 5.59. The highest BCUT2D eigenvalue weighted by Gasteiger charge is 2.33. The van der Waals surface area contributed by atoms with Gasteiger partial charge in [-0.2, -0.15) is 0 Å². The largest absolute Gasteiger partial charge is 0.463 e. The molecule has 164 valence electrons. The molecule has 1 aromatic carbocycles. The fraction of sp³-hybridized carbons (Fsp3) is 0.522. The monoisotopic (exact) mass is 431 g/mol. The number of benzene rings is 1. The number of thiocarbonyl (C=S) groups is 1. The van der Waals surface area contributed by atoms with Crippen LogP contribution in [0.25, 0.3) is 0 Å². The number of allylic oxidation sites excluding steroid dienone is 1. The van der Waals surface area contributed by atoms with E-state index in [-0.39, 0.29) is 17.8 Å². The van der Waals surface area contributed by atoms with E-state index in [9.17, 15) is 9.59 Å². The molecule has 2 atom stereocenters. The van der Waals surface area contributed by atoms with Gasteiger partial charge >= 0.3 is 5.97 Å². The number of carbonyl (C=O) groups is 2. The van der Waals surface area contributed by atoms with E-state index in [1.165, 1.54) is 0 Å².